The molecular formula is C10H14F3N3O. The number of hydrogen-bond acceptors (Lipinski definition) is 4. The normalized spacial score (nSPS) is 26.1. The van der Waals surface area contributed by atoms with Crippen molar-refractivity contribution in [2.45, 2.75) is 50.2 Å². The van der Waals surface area contributed by atoms with Crippen molar-refractivity contribution in [3.05, 3.63) is 11.7 Å². The largest absolute Gasteiger partial charge is 0.396 e. The summed E-state index contributed by atoms with van der Waals surface area (Å²) < 4.78 is 41.2. The van der Waals surface area contributed by atoms with E-state index in [1.807, 2.05) is 0 Å². The topological polar surface area (TPSA) is 64.9 Å². The fourth-order valence-corrected chi connectivity index (χ4v) is 2.14. The van der Waals surface area contributed by atoms with Gasteiger partial charge in [0, 0.05) is 12.0 Å². The second kappa shape index (κ2) is 4.64. The van der Waals surface area contributed by atoms with Gasteiger partial charge in [0.05, 0.1) is 0 Å². The average molecular weight is 249 g/mol. The molecule has 2 N–H and O–H groups in total. The first-order chi connectivity index (χ1) is 7.94. The molecule has 0 radical (unpaired) electrons. The van der Waals surface area contributed by atoms with E-state index < -0.39 is 12.6 Å². The third kappa shape index (κ3) is 3.42. The number of aromatic nitrogens is 2. The molecule has 0 spiro atoms. The molecule has 1 saturated carbocycles. The second-order valence-electron chi connectivity index (χ2n) is 4.46. The average Bonchev–Trinajstić information content (AvgIpc) is 2.63. The predicted octanol–water partition coefficient (Wildman–Crippen LogP) is 2.16. The minimum absolute atomic E-state index is 0.00762. The zero-order chi connectivity index (χ0) is 12.5. The Labute approximate surface area is 96.4 Å². The SMILES string of the molecule is NC1CCCC(c2nc(CC(F)(F)F)no2)C1. The Bertz CT molecular complexity index is 377. The Hall–Kier alpha value is -1.11. The lowest BCUT2D eigenvalue weighted by atomic mass is 9.86. The molecule has 0 bridgehead atoms. The highest BCUT2D eigenvalue weighted by atomic mass is 19.4. The molecule has 96 valence electrons. The molecule has 0 saturated heterocycles. The van der Waals surface area contributed by atoms with Crippen LogP contribution in [-0.2, 0) is 6.42 Å². The van der Waals surface area contributed by atoms with Gasteiger partial charge in [0.1, 0.15) is 6.42 Å². The van der Waals surface area contributed by atoms with Gasteiger partial charge in [-0.05, 0) is 19.3 Å². The zero-order valence-corrected chi connectivity index (χ0v) is 9.20. The van der Waals surface area contributed by atoms with Gasteiger partial charge in [0.2, 0.25) is 5.89 Å². The Morgan fingerprint density at radius 2 is 2.12 bits per heavy atom. The number of hydrogen-bond donors (Lipinski definition) is 1. The minimum atomic E-state index is -4.30. The fraction of sp³-hybridized carbons (Fsp3) is 0.800. The van der Waals surface area contributed by atoms with Gasteiger partial charge in [0.25, 0.3) is 0 Å². The van der Waals surface area contributed by atoms with Gasteiger partial charge < -0.3 is 10.3 Å². The van der Waals surface area contributed by atoms with Crippen LogP contribution in [0.15, 0.2) is 4.52 Å². The molecule has 2 atom stereocenters. The lowest BCUT2D eigenvalue weighted by Gasteiger charge is -2.23. The van der Waals surface area contributed by atoms with Crippen LogP contribution in [0.2, 0.25) is 0 Å². The van der Waals surface area contributed by atoms with Gasteiger partial charge in [-0.2, -0.15) is 18.2 Å². The Balaban J connectivity index is 2.02. The van der Waals surface area contributed by atoms with E-state index in [4.69, 9.17) is 10.3 Å². The Kier molecular flexibility index (Phi) is 3.37. The van der Waals surface area contributed by atoms with Gasteiger partial charge in [-0.15, -0.1) is 0 Å². The summed E-state index contributed by atoms with van der Waals surface area (Å²) in [7, 11) is 0. The van der Waals surface area contributed by atoms with Crippen molar-refractivity contribution in [1.82, 2.24) is 10.1 Å². The van der Waals surface area contributed by atoms with E-state index in [2.05, 4.69) is 10.1 Å². The molecule has 2 rings (SSSR count). The lowest BCUT2D eigenvalue weighted by Crippen LogP contribution is -2.27. The summed E-state index contributed by atoms with van der Waals surface area (Å²) in [5.74, 6) is -0.000668. The maximum absolute atomic E-state index is 12.1. The highest BCUT2D eigenvalue weighted by Gasteiger charge is 2.32. The Morgan fingerprint density at radius 3 is 2.76 bits per heavy atom. The molecule has 7 heteroatoms. The number of rotatable bonds is 2. The smallest absolute Gasteiger partial charge is 0.339 e. The molecule has 1 aliphatic carbocycles. The van der Waals surface area contributed by atoms with Crippen LogP contribution in [0.25, 0.3) is 0 Å². The van der Waals surface area contributed by atoms with Crippen molar-refractivity contribution in [2.75, 3.05) is 0 Å². The van der Waals surface area contributed by atoms with Crippen LogP contribution in [-0.4, -0.2) is 22.4 Å². The van der Waals surface area contributed by atoms with Crippen LogP contribution in [0.4, 0.5) is 13.2 Å². The summed E-state index contributed by atoms with van der Waals surface area (Å²) in [5.41, 5.74) is 5.80. The lowest BCUT2D eigenvalue weighted by molar-refractivity contribution is -0.128. The van der Waals surface area contributed by atoms with Gasteiger partial charge in [-0.3, -0.25) is 0 Å². The van der Waals surface area contributed by atoms with Crippen molar-refractivity contribution >= 4 is 0 Å². The second-order valence-corrected chi connectivity index (χ2v) is 4.46. The molecular weight excluding hydrogens is 235 g/mol. The first kappa shape index (κ1) is 12.3. The molecule has 0 amide bonds. The summed E-state index contributed by atoms with van der Waals surface area (Å²) in [6.07, 6.45) is -2.00. The number of nitrogens with zero attached hydrogens (tertiary/aromatic N) is 2. The fourth-order valence-electron chi connectivity index (χ4n) is 2.14. The molecule has 1 aromatic heterocycles. The number of nitrogens with two attached hydrogens (primary N) is 1. The van der Waals surface area contributed by atoms with Crippen molar-refractivity contribution in [2.24, 2.45) is 5.73 Å². The third-order valence-corrected chi connectivity index (χ3v) is 2.91. The van der Waals surface area contributed by atoms with Crippen LogP contribution in [0.5, 0.6) is 0 Å². The molecule has 17 heavy (non-hydrogen) atoms. The zero-order valence-electron chi connectivity index (χ0n) is 9.20. The molecule has 1 aliphatic rings. The number of halogens is 3. The molecule has 2 unspecified atom stereocenters. The van der Waals surface area contributed by atoms with Crippen molar-refractivity contribution in [3.63, 3.8) is 0 Å². The predicted molar refractivity (Wildman–Crippen MR) is 53.2 cm³/mol. The van der Waals surface area contributed by atoms with Crippen molar-refractivity contribution in [1.29, 1.82) is 0 Å². The van der Waals surface area contributed by atoms with Gasteiger partial charge in [-0.25, -0.2) is 0 Å². The van der Waals surface area contributed by atoms with E-state index >= 15 is 0 Å². The third-order valence-electron chi connectivity index (χ3n) is 2.91. The minimum Gasteiger partial charge on any atom is -0.339 e. The summed E-state index contributed by atoms with van der Waals surface area (Å²) >= 11 is 0. The van der Waals surface area contributed by atoms with Crippen LogP contribution in [0.3, 0.4) is 0 Å². The van der Waals surface area contributed by atoms with Gasteiger partial charge in [-0.1, -0.05) is 11.6 Å². The molecule has 1 aromatic rings. The molecule has 4 nitrogen and oxygen atoms in total. The molecule has 0 aliphatic heterocycles. The molecule has 1 heterocycles. The maximum atomic E-state index is 12.1. The summed E-state index contributed by atoms with van der Waals surface area (Å²) in [6.45, 7) is 0. The van der Waals surface area contributed by atoms with Crippen molar-refractivity contribution in [3.8, 4) is 0 Å². The van der Waals surface area contributed by atoms with Crippen LogP contribution in [0, 0.1) is 0 Å². The van der Waals surface area contributed by atoms with Crippen LogP contribution < -0.4 is 5.73 Å². The standard InChI is InChI=1S/C10H14F3N3O/c11-10(12,13)5-8-15-9(17-16-8)6-2-1-3-7(14)4-6/h6-7H,1-5,14H2. The molecule has 0 aromatic carbocycles. The van der Waals surface area contributed by atoms with E-state index in [1.54, 1.807) is 0 Å². The first-order valence-corrected chi connectivity index (χ1v) is 5.59. The number of alkyl halides is 3. The maximum Gasteiger partial charge on any atom is 0.396 e. The van der Waals surface area contributed by atoms with Gasteiger partial charge in [0.15, 0.2) is 5.82 Å². The van der Waals surface area contributed by atoms with Crippen LogP contribution in [0.1, 0.15) is 43.3 Å². The van der Waals surface area contributed by atoms with E-state index in [0.717, 1.165) is 19.3 Å². The van der Waals surface area contributed by atoms with Crippen LogP contribution >= 0.6 is 0 Å². The summed E-state index contributed by atoms with van der Waals surface area (Å²) in [5, 5.41) is 3.35. The monoisotopic (exact) mass is 249 g/mol. The summed E-state index contributed by atoms with van der Waals surface area (Å²) in [6, 6.07) is 0.0757. The highest BCUT2D eigenvalue weighted by molar-refractivity contribution is 4.98. The molecule has 1 fully saturated rings. The van der Waals surface area contributed by atoms with E-state index in [0.29, 0.717) is 12.3 Å². The summed E-state index contributed by atoms with van der Waals surface area (Å²) in [4.78, 5) is 3.80. The Morgan fingerprint density at radius 1 is 1.35 bits per heavy atom. The van der Waals surface area contributed by atoms with Crippen molar-refractivity contribution < 1.29 is 17.7 Å². The van der Waals surface area contributed by atoms with E-state index in [1.165, 1.54) is 0 Å². The quantitative estimate of drug-likeness (QED) is 0.872. The van der Waals surface area contributed by atoms with E-state index in [9.17, 15) is 13.2 Å². The van der Waals surface area contributed by atoms with Gasteiger partial charge >= 0.3 is 6.18 Å². The van der Waals surface area contributed by atoms with E-state index in [-0.39, 0.29) is 17.8 Å². The first-order valence-electron chi connectivity index (χ1n) is 5.59. The highest BCUT2D eigenvalue weighted by Crippen LogP contribution is 2.31.